The van der Waals surface area contributed by atoms with Crippen molar-refractivity contribution in [1.82, 2.24) is 5.32 Å². The Bertz CT molecular complexity index is 430. The summed E-state index contributed by atoms with van der Waals surface area (Å²) in [5.41, 5.74) is 8.19. The lowest BCUT2D eigenvalue weighted by Gasteiger charge is -2.20. The molecule has 8 heteroatoms. The van der Waals surface area contributed by atoms with E-state index in [0.717, 1.165) is 0 Å². The summed E-state index contributed by atoms with van der Waals surface area (Å²) >= 11 is 0. The number of carbonyl (C=O) groups excluding carboxylic acids is 2. The molecule has 0 aromatic carbocycles. The molecule has 0 fully saturated rings. The van der Waals surface area contributed by atoms with Crippen molar-refractivity contribution in [2.24, 2.45) is 5.92 Å². The fourth-order valence-electron chi connectivity index (χ4n) is 1.68. The summed E-state index contributed by atoms with van der Waals surface area (Å²) in [6, 6.07) is -1.20. The number of nitrogens with zero attached hydrogens (tertiary/aromatic N) is 2. The Morgan fingerprint density at radius 2 is 2.00 bits per heavy atom. The molecule has 0 bridgehead atoms. The van der Waals surface area contributed by atoms with E-state index in [1.54, 1.807) is 0 Å². The van der Waals surface area contributed by atoms with Gasteiger partial charge in [-0.1, -0.05) is 13.8 Å². The van der Waals surface area contributed by atoms with Gasteiger partial charge in [0.05, 0.1) is 0 Å². The highest BCUT2D eigenvalue weighted by Gasteiger charge is 2.26. The maximum atomic E-state index is 11.9. The van der Waals surface area contributed by atoms with Crippen LogP contribution in [0.4, 0.5) is 0 Å². The quantitative estimate of drug-likeness (QED) is 0.340. The third kappa shape index (κ3) is 7.96. The molecular weight excluding hydrogens is 278 g/mol. The van der Waals surface area contributed by atoms with Gasteiger partial charge in [0.1, 0.15) is 12.1 Å². The van der Waals surface area contributed by atoms with Crippen LogP contribution in [0.25, 0.3) is 5.53 Å². The van der Waals surface area contributed by atoms with Gasteiger partial charge in [0, 0.05) is 13.5 Å². The molecule has 21 heavy (non-hydrogen) atoms. The van der Waals surface area contributed by atoms with E-state index in [0.29, 0.717) is 12.6 Å². The standard InChI is InChI=1S/C13H21N3O5/c1-8(2)6-11(21-3)12(18)16-10(13(19)20)5-4-9(17)7-15-14/h7-8,10-11H,4-6H2,1-3H3,(H,16,18)(H,19,20). The molecule has 0 aliphatic heterocycles. The molecule has 0 aliphatic rings. The number of carbonyl (C=O) groups is 3. The van der Waals surface area contributed by atoms with Gasteiger partial charge in [0.2, 0.25) is 11.7 Å². The molecule has 2 atom stereocenters. The molecule has 0 aliphatic carbocycles. The Kier molecular flexibility index (Phi) is 8.84. The number of aliphatic carboxylic acids is 1. The van der Waals surface area contributed by atoms with Crippen molar-refractivity contribution in [1.29, 1.82) is 0 Å². The molecule has 2 N–H and O–H groups in total. The number of carboxylic acid groups (broad SMARTS) is 1. The van der Waals surface area contributed by atoms with Gasteiger partial charge in [0.15, 0.2) is 0 Å². The SMILES string of the molecule is COC(CC(C)C)C(=O)NC(CCC(=O)C=[N+]=[N-])C(=O)O. The fourth-order valence-corrected chi connectivity index (χ4v) is 1.68. The van der Waals surface area contributed by atoms with Gasteiger partial charge in [-0.3, -0.25) is 9.59 Å². The van der Waals surface area contributed by atoms with E-state index in [1.165, 1.54) is 7.11 Å². The molecule has 8 nitrogen and oxygen atoms in total. The molecule has 0 saturated carbocycles. The Labute approximate surface area is 123 Å². The summed E-state index contributed by atoms with van der Waals surface area (Å²) in [6.07, 6.45) is 0.177. The largest absolute Gasteiger partial charge is 0.480 e. The minimum Gasteiger partial charge on any atom is -0.480 e. The van der Waals surface area contributed by atoms with Gasteiger partial charge in [-0.25, -0.2) is 4.79 Å². The summed E-state index contributed by atoms with van der Waals surface area (Å²) < 4.78 is 5.04. The number of hydrogen-bond donors (Lipinski definition) is 2. The van der Waals surface area contributed by atoms with E-state index >= 15 is 0 Å². The third-order valence-electron chi connectivity index (χ3n) is 2.76. The van der Waals surface area contributed by atoms with Crippen LogP contribution in [0.2, 0.25) is 0 Å². The first-order valence-electron chi connectivity index (χ1n) is 6.58. The molecule has 0 radical (unpaired) electrons. The monoisotopic (exact) mass is 299 g/mol. The van der Waals surface area contributed by atoms with E-state index < -0.39 is 29.8 Å². The second-order valence-electron chi connectivity index (χ2n) is 5.00. The van der Waals surface area contributed by atoms with Crippen molar-refractivity contribution in [3.8, 4) is 0 Å². The average Bonchev–Trinajstić information content (AvgIpc) is 2.40. The molecule has 118 valence electrons. The van der Waals surface area contributed by atoms with Crippen LogP contribution in [0.1, 0.15) is 33.1 Å². The minimum absolute atomic E-state index is 0.0932. The third-order valence-corrected chi connectivity index (χ3v) is 2.76. The van der Waals surface area contributed by atoms with Crippen molar-refractivity contribution in [3.63, 3.8) is 0 Å². The van der Waals surface area contributed by atoms with Crippen LogP contribution in [0.3, 0.4) is 0 Å². The van der Waals surface area contributed by atoms with E-state index in [1.807, 2.05) is 13.8 Å². The molecule has 0 heterocycles. The molecule has 2 unspecified atom stereocenters. The first-order chi connectivity index (χ1) is 9.81. The predicted molar refractivity (Wildman–Crippen MR) is 73.7 cm³/mol. The van der Waals surface area contributed by atoms with Crippen molar-refractivity contribution in [2.45, 2.75) is 45.3 Å². The Balaban J connectivity index is 4.61. The maximum Gasteiger partial charge on any atom is 0.326 e. The van der Waals surface area contributed by atoms with Crippen LogP contribution < -0.4 is 5.32 Å². The number of amides is 1. The maximum absolute atomic E-state index is 11.9. The van der Waals surface area contributed by atoms with Crippen LogP contribution in [-0.4, -0.2) is 53.0 Å². The highest BCUT2D eigenvalue weighted by Crippen LogP contribution is 2.09. The van der Waals surface area contributed by atoms with Gasteiger partial charge in [-0.2, -0.15) is 4.79 Å². The highest BCUT2D eigenvalue weighted by molar-refractivity contribution is 6.25. The number of nitrogens with one attached hydrogen (secondary N) is 1. The van der Waals surface area contributed by atoms with Crippen molar-refractivity contribution < 1.29 is 29.0 Å². The number of ketones is 1. The summed E-state index contributed by atoms with van der Waals surface area (Å²) in [4.78, 5) is 36.7. The number of hydrogen-bond acceptors (Lipinski definition) is 4. The zero-order valence-electron chi connectivity index (χ0n) is 12.4. The number of Topliss-reactive ketones (excluding diaryl/α,β-unsaturated/α-hetero) is 1. The molecule has 0 aromatic rings. The second kappa shape index (κ2) is 9.79. The number of rotatable bonds is 10. The predicted octanol–water partition coefficient (Wildman–Crippen LogP) is 0.267. The smallest absolute Gasteiger partial charge is 0.326 e. The lowest BCUT2D eigenvalue weighted by atomic mass is 10.0. The molecular formula is C13H21N3O5. The number of methoxy groups -OCH3 is 1. The summed E-state index contributed by atoms with van der Waals surface area (Å²) in [7, 11) is 1.38. The normalized spacial score (nSPS) is 13.1. The van der Waals surface area contributed by atoms with Crippen LogP contribution >= 0.6 is 0 Å². The summed E-state index contributed by atoms with van der Waals surface area (Å²) in [5.74, 6) is -2.08. The van der Waals surface area contributed by atoms with Crippen LogP contribution in [0.15, 0.2) is 0 Å². The Hall–Kier alpha value is -2.05. The van der Waals surface area contributed by atoms with Gasteiger partial charge < -0.3 is 20.7 Å². The Morgan fingerprint density at radius 3 is 2.43 bits per heavy atom. The lowest BCUT2D eigenvalue weighted by Crippen LogP contribution is -2.46. The van der Waals surface area contributed by atoms with Gasteiger partial charge in [0.25, 0.3) is 0 Å². The van der Waals surface area contributed by atoms with E-state index in [4.69, 9.17) is 15.4 Å². The van der Waals surface area contributed by atoms with Crippen molar-refractivity contribution in [3.05, 3.63) is 5.53 Å². The van der Waals surface area contributed by atoms with Crippen molar-refractivity contribution >= 4 is 23.9 Å². The van der Waals surface area contributed by atoms with Crippen LogP contribution in [-0.2, 0) is 19.1 Å². The number of carboxylic acids is 1. The zero-order chi connectivity index (χ0) is 16.4. The first-order valence-corrected chi connectivity index (χ1v) is 6.58. The lowest BCUT2D eigenvalue weighted by molar-refractivity contribution is -0.144. The number of ether oxygens (including phenoxy) is 1. The van der Waals surface area contributed by atoms with Gasteiger partial charge >= 0.3 is 12.2 Å². The van der Waals surface area contributed by atoms with Crippen molar-refractivity contribution in [2.75, 3.05) is 7.11 Å². The van der Waals surface area contributed by atoms with Gasteiger partial charge in [-0.15, -0.1) is 0 Å². The second-order valence-corrected chi connectivity index (χ2v) is 5.00. The molecule has 0 aromatic heterocycles. The van der Waals surface area contributed by atoms with Crippen LogP contribution in [0, 0.1) is 5.92 Å². The van der Waals surface area contributed by atoms with E-state index in [9.17, 15) is 14.4 Å². The fraction of sp³-hybridized carbons (Fsp3) is 0.692. The first kappa shape index (κ1) is 18.9. The minimum atomic E-state index is -1.24. The highest BCUT2D eigenvalue weighted by atomic mass is 16.5. The summed E-state index contributed by atoms with van der Waals surface area (Å²) in [6.45, 7) is 3.84. The average molecular weight is 299 g/mol. The molecule has 0 saturated heterocycles. The van der Waals surface area contributed by atoms with E-state index in [-0.39, 0.29) is 18.8 Å². The molecule has 0 spiro atoms. The summed E-state index contributed by atoms with van der Waals surface area (Å²) in [5, 5.41) is 11.4. The zero-order valence-corrected chi connectivity index (χ0v) is 12.4. The van der Waals surface area contributed by atoms with Gasteiger partial charge in [-0.05, 0) is 18.8 Å². The Morgan fingerprint density at radius 1 is 1.38 bits per heavy atom. The van der Waals surface area contributed by atoms with Crippen LogP contribution in [0.5, 0.6) is 0 Å². The topological polar surface area (TPSA) is 129 Å². The van der Waals surface area contributed by atoms with E-state index in [2.05, 4.69) is 10.1 Å². The molecule has 1 amide bonds. The molecule has 0 rings (SSSR count).